The Kier molecular flexibility index (Phi) is 5.96. The van der Waals surface area contributed by atoms with Gasteiger partial charge in [0.25, 0.3) is 10.0 Å². The zero-order chi connectivity index (χ0) is 20.3. The molecule has 0 saturated heterocycles. The zero-order valence-corrected chi connectivity index (χ0v) is 17.5. The van der Waals surface area contributed by atoms with E-state index >= 15 is 0 Å². The van der Waals surface area contributed by atoms with Crippen LogP contribution in [0.25, 0.3) is 0 Å². The summed E-state index contributed by atoms with van der Waals surface area (Å²) in [6.45, 7) is 3.76. The Morgan fingerprint density at radius 2 is 1.64 bits per heavy atom. The second-order valence-corrected chi connectivity index (χ2v) is 8.76. The van der Waals surface area contributed by atoms with E-state index in [4.69, 9.17) is 16.3 Å². The van der Waals surface area contributed by atoms with Crippen LogP contribution in [0, 0.1) is 6.92 Å². The van der Waals surface area contributed by atoms with Gasteiger partial charge in [0.05, 0.1) is 23.7 Å². The fourth-order valence-corrected chi connectivity index (χ4v) is 4.96. The van der Waals surface area contributed by atoms with Gasteiger partial charge in [-0.1, -0.05) is 53.6 Å². The number of hydrogen-bond donors (Lipinski definition) is 0. The van der Waals surface area contributed by atoms with Crippen LogP contribution in [-0.4, -0.2) is 15.5 Å². The predicted octanol–water partition coefficient (Wildman–Crippen LogP) is 5.61. The molecule has 0 bridgehead atoms. The third-order valence-electron chi connectivity index (χ3n) is 4.58. The van der Waals surface area contributed by atoms with E-state index in [0.717, 1.165) is 11.1 Å². The maximum absolute atomic E-state index is 13.6. The molecule has 0 saturated carbocycles. The lowest BCUT2D eigenvalue weighted by atomic mass is 10.1. The molecule has 0 fully saturated rings. The third-order valence-corrected chi connectivity index (χ3v) is 6.73. The van der Waals surface area contributed by atoms with Crippen molar-refractivity contribution < 1.29 is 13.2 Å². The van der Waals surface area contributed by atoms with Crippen molar-refractivity contribution in [3.05, 3.63) is 88.9 Å². The van der Waals surface area contributed by atoms with E-state index in [2.05, 4.69) is 0 Å². The minimum atomic E-state index is -3.84. The van der Waals surface area contributed by atoms with Gasteiger partial charge in [-0.25, -0.2) is 8.42 Å². The Labute approximate surface area is 171 Å². The highest BCUT2D eigenvalue weighted by atomic mass is 35.5. The van der Waals surface area contributed by atoms with Crippen molar-refractivity contribution >= 4 is 27.3 Å². The van der Waals surface area contributed by atoms with Crippen molar-refractivity contribution in [2.75, 3.05) is 11.4 Å². The highest BCUT2D eigenvalue weighted by Crippen LogP contribution is 2.37. The molecule has 0 aliphatic carbocycles. The minimum Gasteiger partial charge on any atom is -0.496 e. The first kappa shape index (κ1) is 20.2. The summed E-state index contributed by atoms with van der Waals surface area (Å²) in [5, 5.41) is 0.467. The van der Waals surface area contributed by atoms with E-state index in [9.17, 15) is 8.42 Å². The predicted molar refractivity (Wildman–Crippen MR) is 114 cm³/mol. The molecule has 0 aromatic heterocycles. The highest BCUT2D eigenvalue weighted by molar-refractivity contribution is 7.92. The molecule has 0 radical (unpaired) electrons. The lowest BCUT2D eigenvalue weighted by Crippen LogP contribution is -2.34. The standard InChI is InChI=1S/C22H22ClNO3S/c1-16-11-13-20(14-12-16)28(25,26)24(19-8-6-7-18(23)15-19)17(2)21-9-4-5-10-22(21)27-3/h4-15,17H,1-3H3. The van der Waals surface area contributed by atoms with Gasteiger partial charge in [-0.2, -0.15) is 0 Å². The molecule has 3 aromatic rings. The number of aryl methyl sites for hydroxylation is 1. The number of sulfonamides is 1. The molecule has 4 nitrogen and oxygen atoms in total. The van der Waals surface area contributed by atoms with Crippen LogP contribution < -0.4 is 9.04 Å². The quantitative estimate of drug-likeness (QED) is 0.525. The molecule has 6 heteroatoms. The van der Waals surface area contributed by atoms with Gasteiger partial charge in [0.1, 0.15) is 5.75 Å². The van der Waals surface area contributed by atoms with Gasteiger partial charge in [0, 0.05) is 10.6 Å². The minimum absolute atomic E-state index is 0.222. The summed E-state index contributed by atoms with van der Waals surface area (Å²) in [5.41, 5.74) is 2.25. The van der Waals surface area contributed by atoms with Gasteiger partial charge in [-0.05, 0) is 50.2 Å². The van der Waals surface area contributed by atoms with Crippen molar-refractivity contribution in [2.45, 2.75) is 24.8 Å². The van der Waals surface area contributed by atoms with Crippen molar-refractivity contribution in [3.63, 3.8) is 0 Å². The molecule has 1 unspecified atom stereocenters. The van der Waals surface area contributed by atoms with Crippen LogP contribution in [0.15, 0.2) is 77.7 Å². The van der Waals surface area contributed by atoms with Crippen LogP contribution in [-0.2, 0) is 10.0 Å². The molecule has 0 aliphatic heterocycles. The molecule has 0 spiro atoms. The molecule has 1 atom stereocenters. The molecular weight excluding hydrogens is 394 g/mol. The monoisotopic (exact) mass is 415 g/mol. The Morgan fingerprint density at radius 1 is 0.964 bits per heavy atom. The maximum Gasteiger partial charge on any atom is 0.264 e. The molecule has 146 valence electrons. The van der Waals surface area contributed by atoms with E-state index in [0.29, 0.717) is 16.5 Å². The number of nitrogens with zero attached hydrogens (tertiary/aromatic N) is 1. The van der Waals surface area contributed by atoms with E-state index in [1.165, 1.54) is 4.31 Å². The lowest BCUT2D eigenvalue weighted by molar-refractivity contribution is 0.407. The summed E-state index contributed by atoms with van der Waals surface area (Å²) >= 11 is 6.17. The molecule has 28 heavy (non-hydrogen) atoms. The largest absolute Gasteiger partial charge is 0.496 e. The van der Waals surface area contributed by atoms with Crippen molar-refractivity contribution in [1.29, 1.82) is 0 Å². The number of benzene rings is 3. The second kappa shape index (κ2) is 8.25. The number of anilines is 1. The number of halogens is 1. The zero-order valence-electron chi connectivity index (χ0n) is 16.0. The van der Waals surface area contributed by atoms with Gasteiger partial charge in [-0.15, -0.1) is 0 Å². The summed E-state index contributed by atoms with van der Waals surface area (Å²) in [6.07, 6.45) is 0. The number of rotatable bonds is 6. The average molecular weight is 416 g/mol. The topological polar surface area (TPSA) is 46.6 Å². The van der Waals surface area contributed by atoms with Gasteiger partial charge in [0.2, 0.25) is 0 Å². The number of hydrogen-bond acceptors (Lipinski definition) is 3. The van der Waals surface area contributed by atoms with Crippen molar-refractivity contribution in [2.24, 2.45) is 0 Å². The number of para-hydroxylation sites is 1. The number of methoxy groups -OCH3 is 1. The highest BCUT2D eigenvalue weighted by Gasteiger charge is 2.31. The van der Waals surface area contributed by atoms with Crippen LogP contribution in [0.5, 0.6) is 5.75 Å². The Morgan fingerprint density at radius 3 is 2.29 bits per heavy atom. The van der Waals surface area contributed by atoms with Crippen molar-refractivity contribution in [3.8, 4) is 5.75 Å². The fourth-order valence-electron chi connectivity index (χ4n) is 3.15. The van der Waals surface area contributed by atoms with Gasteiger partial charge >= 0.3 is 0 Å². The summed E-state index contributed by atoms with van der Waals surface area (Å²) in [6, 6.07) is 20.6. The van der Waals surface area contributed by atoms with Crippen molar-refractivity contribution in [1.82, 2.24) is 0 Å². The summed E-state index contributed by atoms with van der Waals surface area (Å²) in [7, 11) is -2.27. The number of ether oxygens (including phenoxy) is 1. The Balaban J connectivity index is 2.19. The Bertz CT molecular complexity index is 1070. The fraction of sp³-hybridized carbons (Fsp3) is 0.182. The summed E-state index contributed by atoms with van der Waals surface area (Å²) in [5.74, 6) is 0.626. The van der Waals surface area contributed by atoms with Crippen LogP contribution in [0.3, 0.4) is 0 Å². The molecule has 3 aromatic carbocycles. The van der Waals surface area contributed by atoms with Gasteiger partial charge in [-0.3, -0.25) is 4.31 Å². The molecule has 0 amide bonds. The van der Waals surface area contributed by atoms with Crippen LogP contribution in [0.4, 0.5) is 5.69 Å². The maximum atomic E-state index is 13.6. The molecule has 3 rings (SSSR count). The van der Waals surface area contributed by atoms with E-state index < -0.39 is 16.1 Å². The molecule has 0 N–H and O–H groups in total. The second-order valence-electron chi connectivity index (χ2n) is 6.51. The smallest absolute Gasteiger partial charge is 0.264 e. The Hall–Kier alpha value is -2.50. The van der Waals surface area contributed by atoms with E-state index in [1.807, 2.05) is 38.1 Å². The van der Waals surface area contributed by atoms with Crippen LogP contribution in [0.2, 0.25) is 5.02 Å². The lowest BCUT2D eigenvalue weighted by Gasteiger charge is -2.31. The van der Waals surface area contributed by atoms with Gasteiger partial charge < -0.3 is 4.74 Å². The van der Waals surface area contributed by atoms with E-state index in [1.54, 1.807) is 55.6 Å². The first-order valence-electron chi connectivity index (χ1n) is 8.84. The van der Waals surface area contributed by atoms with Crippen LogP contribution >= 0.6 is 11.6 Å². The molecular formula is C22H22ClNO3S. The molecule has 0 aliphatic rings. The average Bonchev–Trinajstić information content (AvgIpc) is 2.68. The SMILES string of the molecule is COc1ccccc1C(C)N(c1cccc(Cl)c1)S(=O)(=O)c1ccc(C)cc1. The first-order chi connectivity index (χ1) is 13.3. The summed E-state index contributed by atoms with van der Waals surface area (Å²) < 4.78 is 34.1. The van der Waals surface area contributed by atoms with Crippen LogP contribution in [0.1, 0.15) is 24.1 Å². The van der Waals surface area contributed by atoms with Gasteiger partial charge in [0.15, 0.2) is 0 Å². The normalized spacial score (nSPS) is 12.4. The third kappa shape index (κ3) is 4.01. The first-order valence-corrected chi connectivity index (χ1v) is 10.7. The van der Waals surface area contributed by atoms with E-state index in [-0.39, 0.29) is 4.90 Å². The summed E-state index contributed by atoms with van der Waals surface area (Å²) in [4.78, 5) is 0.222. The molecule has 0 heterocycles.